The maximum absolute atomic E-state index is 12.7. The van der Waals surface area contributed by atoms with Crippen molar-refractivity contribution in [3.05, 3.63) is 54.4 Å². The highest BCUT2D eigenvalue weighted by molar-refractivity contribution is 6.15. The fourth-order valence-corrected chi connectivity index (χ4v) is 1.78. The third-order valence-corrected chi connectivity index (χ3v) is 2.73. The zero-order valence-corrected chi connectivity index (χ0v) is 13.2. The molecular formula is C16H18N4O3. The predicted molar refractivity (Wildman–Crippen MR) is 84.2 cm³/mol. The average molecular weight is 314 g/mol. The van der Waals surface area contributed by atoms with Gasteiger partial charge in [-0.25, -0.2) is 9.48 Å². The molecule has 0 unspecified atom stereocenters. The Morgan fingerprint density at radius 3 is 2.35 bits per heavy atom. The normalized spacial score (nSPS) is 10.9. The van der Waals surface area contributed by atoms with Crippen molar-refractivity contribution in [1.82, 2.24) is 14.7 Å². The quantitative estimate of drug-likeness (QED) is 0.647. The van der Waals surface area contributed by atoms with Crippen LogP contribution < -0.4 is 0 Å². The number of ether oxygens (including phenoxy) is 1. The van der Waals surface area contributed by atoms with Gasteiger partial charge >= 0.3 is 6.09 Å². The van der Waals surface area contributed by atoms with Gasteiger partial charge in [-0.2, -0.15) is 10.00 Å². The summed E-state index contributed by atoms with van der Waals surface area (Å²) in [5.74, 6) is -1.06. The Morgan fingerprint density at radius 2 is 1.83 bits per heavy atom. The zero-order valence-electron chi connectivity index (χ0n) is 13.2. The number of aromatic nitrogens is 2. The number of hydrogen-bond donors (Lipinski definition) is 1. The van der Waals surface area contributed by atoms with E-state index in [-0.39, 0.29) is 5.56 Å². The highest BCUT2D eigenvalue weighted by Crippen LogP contribution is 2.13. The Hall–Kier alpha value is -2.96. The lowest BCUT2D eigenvalue weighted by molar-refractivity contribution is 0.0343. The minimum Gasteiger partial charge on any atom is -0.443 e. The van der Waals surface area contributed by atoms with E-state index in [4.69, 9.17) is 10.1 Å². The van der Waals surface area contributed by atoms with Crippen LogP contribution in [-0.4, -0.2) is 38.2 Å². The van der Waals surface area contributed by atoms with Crippen molar-refractivity contribution < 1.29 is 14.3 Å². The largest absolute Gasteiger partial charge is 0.443 e. The fourth-order valence-electron chi connectivity index (χ4n) is 1.78. The van der Waals surface area contributed by atoms with E-state index in [1.165, 1.54) is 12.4 Å². The molecule has 0 bridgehead atoms. The monoisotopic (exact) mass is 314 g/mol. The van der Waals surface area contributed by atoms with E-state index >= 15 is 0 Å². The molecule has 0 atom stereocenters. The number of hydrogen-bond acceptors (Lipinski definition) is 5. The molecule has 0 aliphatic rings. The van der Waals surface area contributed by atoms with Crippen molar-refractivity contribution in [2.24, 2.45) is 0 Å². The van der Waals surface area contributed by atoms with Gasteiger partial charge in [0.2, 0.25) is 5.96 Å². The van der Waals surface area contributed by atoms with E-state index in [2.05, 4.69) is 5.10 Å². The number of amides is 2. The first kappa shape index (κ1) is 16.4. The van der Waals surface area contributed by atoms with Gasteiger partial charge in [-0.1, -0.05) is 18.2 Å². The summed E-state index contributed by atoms with van der Waals surface area (Å²) in [6, 6.07) is 9.84. The second-order valence-electron chi connectivity index (χ2n) is 5.76. The van der Waals surface area contributed by atoms with Crippen molar-refractivity contribution in [2.45, 2.75) is 26.4 Å². The molecule has 7 heteroatoms. The van der Waals surface area contributed by atoms with Crippen molar-refractivity contribution in [1.29, 1.82) is 5.41 Å². The lowest BCUT2D eigenvalue weighted by Gasteiger charge is -2.26. The second-order valence-corrected chi connectivity index (χ2v) is 5.76. The van der Waals surface area contributed by atoms with E-state index in [1.54, 1.807) is 57.2 Å². The molecule has 0 spiro atoms. The third-order valence-electron chi connectivity index (χ3n) is 2.73. The standard InChI is InChI=1S/C16H18N4O3/c1-16(2,3)23-15(22)20(14(17)19-11-7-10-18-19)13(21)12-8-5-4-6-9-12/h4-11,17H,1-3H3. The molecule has 0 radical (unpaired) electrons. The number of nitrogens with zero attached hydrogens (tertiary/aromatic N) is 3. The fraction of sp³-hybridized carbons (Fsp3) is 0.250. The molecule has 0 saturated carbocycles. The lowest BCUT2D eigenvalue weighted by atomic mass is 10.2. The zero-order chi connectivity index (χ0) is 17.0. The number of imide groups is 1. The Morgan fingerprint density at radius 1 is 1.17 bits per heavy atom. The van der Waals surface area contributed by atoms with Crippen molar-refractivity contribution in [2.75, 3.05) is 0 Å². The van der Waals surface area contributed by atoms with Crippen LogP contribution in [0.2, 0.25) is 0 Å². The van der Waals surface area contributed by atoms with Crippen molar-refractivity contribution in [3.63, 3.8) is 0 Å². The van der Waals surface area contributed by atoms with Crippen LogP contribution in [0, 0.1) is 5.41 Å². The van der Waals surface area contributed by atoms with E-state index in [0.717, 1.165) is 4.68 Å². The molecule has 0 aliphatic carbocycles. The van der Waals surface area contributed by atoms with Crippen LogP contribution in [0.25, 0.3) is 0 Å². The lowest BCUT2D eigenvalue weighted by Crippen LogP contribution is -2.47. The van der Waals surface area contributed by atoms with Gasteiger partial charge in [0.05, 0.1) is 0 Å². The van der Waals surface area contributed by atoms with E-state index < -0.39 is 23.6 Å². The molecule has 1 aromatic heterocycles. The summed E-state index contributed by atoms with van der Waals surface area (Å²) in [5.41, 5.74) is -0.522. The summed E-state index contributed by atoms with van der Waals surface area (Å²) < 4.78 is 6.36. The number of carbonyl (C=O) groups excluding carboxylic acids is 2. The summed E-state index contributed by atoms with van der Waals surface area (Å²) in [5, 5.41) is 12.0. The minimum atomic E-state index is -0.924. The summed E-state index contributed by atoms with van der Waals surface area (Å²) in [6.07, 6.45) is 2.00. The molecule has 1 heterocycles. The first-order chi connectivity index (χ1) is 10.8. The highest BCUT2D eigenvalue weighted by Gasteiger charge is 2.32. The molecule has 0 saturated heterocycles. The molecule has 23 heavy (non-hydrogen) atoms. The molecule has 0 aliphatic heterocycles. The topological polar surface area (TPSA) is 88.3 Å². The Bertz CT molecular complexity index is 703. The van der Waals surface area contributed by atoms with Crippen LogP contribution in [-0.2, 0) is 4.74 Å². The Kier molecular flexibility index (Phi) is 4.59. The van der Waals surface area contributed by atoms with Crippen LogP contribution in [0.5, 0.6) is 0 Å². The van der Waals surface area contributed by atoms with Gasteiger partial charge in [0.1, 0.15) is 5.60 Å². The van der Waals surface area contributed by atoms with Gasteiger partial charge in [0.15, 0.2) is 0 Å². The maximum Gasteiger partial charge on any atom is 0.424 e. The molecule has 1 N–H and O–H groups in total. The third kappa shape index (κ3) is 4.03. The summed E-state index contributed by atoms with van der Waals surface area (Å²) in [6.45, 7) is 5.06. The van der Waals surface area contributed by atoms with Crippen LogP contribution in [0.15, 0.2) is 48.8 Å². The molecule has 2 aromatic rings. The molecule has 2 amide bonds. The molecule has 1 aromatic carbocycles. The number of nitrogens with one attached hydrogen (secondary N) is 1. The molecular weight excluding hydrogens is 296 g/mol. The van der Waals surface area contributed by atoms with Crippen LogP contribution in [0.1, 0.15) is 31.1 Å². The van der Waals surface area contributed by atoms with Gasteiger partial charge in [0.25, 0.3) is 5.91 Å². The molecule has 120 valence electrons. The smallest absolute Gasteiger partial charge is 0.424 e. The van der Waals surface area contributed by atoms with E-state index in [9.17, 15) is 9.59 Å². The second kappa shape index (κ2) is 6.43. The predicted octanol–water partition coefficient (Wildman–Crippen LogP) is 2.74. The molecule has 7 nitrogen and oxygen atoms in total. The van der Waals surface area contributed by atoms with Crippen LogP contribution >= 0.6 is 0 Å². The molecule has 0 fully saturated rings. The molecule has 2 rings (SSSR count). The Balaban J connectivity index is 2.37. The van der Waals surface area contributed by atoms with Crippen LogP contribution in [0.4, 0.5) is 4.79 Å². The summed E-state index contributed by atoms with van der Waals surface area (Å²) >= 11 is 0. The van der Waals surface area contributed by atoms with E-state index in [0.29, 0.717) is 4.90 Å². The summed E-state index contributed by atoms with van der Waals surface area (Å²) in [7, 11) is 0. The SMILES string of the molecule is CC(C)(C)OC(=O)N(C(=N)n1cccn1)C(=O)c1ccccc1. The highest BCUT2D eigenvalue weighted by atomic mass is 16.6. The number of benzene rings is 1. The van der Waals surface area contributed by atoms with Gasteiger partial charge in [-0.15, -0.1) is 0 Å². The Labute approximate surface area is 134 Å². The van der Waals surface area contributed by atoms with Crippen molar-refractivity contribution >= 4 is 18.0 Å². The van der Waals surface area contributed by atoms with Gasteiger partial charge in [0, 0.05) is 18.0 Å². The van der Waals surface area contributed by atoms with Gasteiger partial charge in [-0.3, -0.25) is 10.2 Å². The average Bonchev–Trinajstić information content (AvgIpc) is 3.00. The van der Waals surface area contributed by atoms with Gasteiger partial charge in [-0.05, 0) is 39.0 Å². The number of carbonyl (C=O) groups is 2. The number of rotatable bonds is 1. The van der Waals surface area contributed by atoms with Gasteiger partial charge < -0.3 is 4.74 Å². The first-order valence-electron chi connectivity index (χ1n) is 7.00. The van der Waals surface area contributed by atoms with E-state index in [1.807, 2.05) is 0 Å². The summed E-state index contributed by atoms with van der Waals surface area (Å²) in [4.78, 5) is 25.7. The maximum atomic E-state index is 12.7. The minimum absolute atomic E-state index is 0.273. The van der Waals surface area contributed by atoms with Crippen molar-refractivity contribution in [3.8, 4) is 0 Å². The van der Waals surface area contributed by atoms with Crippen LogP contribution in [0.3, 0.4) is 0 Å². The first-order valence-corrected chi connectivity index (χ1v) is 7.00.